The smallest absolute Gasteiger partial charge is 0.337 e. The summed E-state index contributed by atoms with van der Waals surface area (Å²) in [5, 5.41) is 12.2. The van der Waals surface area contributed by atoms with Gasteiger partial charge in [-0.15, -0.1) is 0 Å². The summed E-state index contributed by atoms with van der Waals surface area (Å²) in [5.74, 6) is 0.144. The normalized spacial score (nSPS) is 12.1. The number of aryl methyl sites for hydroxylation is 1. The van der Waals surface area contributed by atoms with Crippen molar-refractivity contribution in [2.75, 3.05) is 11.1 Å². The summed E-state index contributed by atoms with van der Waals surface area (Å²) in [5.41, 5.74) is 6.68. The number of carboxylic acids is 1. The summed E-state index contributed by atoms with van der Waals surface area (Å²) < 4.78 is 5.40. The lowest BCUT2D eigenvalue weighted by Gasteiger charge is -2.16. The van der Waals surface area contributed by atoms with Crippen LogP contribution in [0.1, 0.15) is 35.0 Å². The van der Waals surface area contributed by atoms with E-state index in [-0.39, 0.29) is 11.6 Å². The van der Waals surface area contributed by atoms with Crippen molar-refractivity contribution >= 4 is 17.3 Å². The molecular weight excluding hydrogens is 246 g/mol. The number of hydrogen-bond acceptors (Lipinski definition) is 5. The molecule has 6 nitrogen and oxygen atoms in total. The molecule has 0 aliphatic carbocycles. The molecule has 4 N–H and O–H groups in total. The van der Waals surface area contributed by atoms with Crippen molar-refractivity contribution in [3.63, 3.8) is 0 Å². The van der Waals surface area contributed by atoms with Gasteiger partial charge in [-0.1, -0.05) is 6.07 Å². The van der Waals surface area contributed by atoms with Crippen molar-refractivity contribution in [2.45, 2.75) is 19.9 Å². The van der Waals surface area contributed by atoms with Crippen molar-refractivity contribution < 1.29 is 14.3 Å². The summed E-state index contributed by atoms with van der Waals surface area (Å²) in [6, 6.07) is 4.46. The molecule has 2 rings (SSSR count). The Morgan fingerprint density at radius 3 is 2.84 bits per heavy atom. The second-order valence-electron chi connectivity index (χ2n) is 4.25. The molecule has 0 aliphatic heterocycles. The highest BCUT2D eigenvalue weighted by atomic mass is 16.4. The minimum absolute atomic E-state index is 0.120. The molecule has 1 aromatic carbocycles. The lowest BCUT2D eigenvalue weighted by atomic mass is 10.1. The van der Waals surface area contributed by atoms with E-state index in [1.807, 2.05) is 6.92 Å². The Kier molecular flexibility index (Phi) is 3.41. The summed E-state index contributed by atoms with van der Waals surface area (Å²) >= 11 is 0. The Labute approximate surface area is 110 Å². The summed E-state index contributed by atoms with van der Waals surface area (Å²) in [7, 11) is 0. The molecule has 6 heteroatoms. The predicted octanol–water partition coefficient (Wildman–Crippen LogP) is 2.44. The van der Waals surface area contributed by atoms with E-state index in [1.165, 1.54) is 6.07 Å². The molecule has 0 aliphatic rings. The number of aromatic nitrogens is 1. The molecule has 1 atom stereocenters. The average Bonchev–Trinajstić information content (AvgIpc) is 2.78. The summed E-state index contributed by atoms with van der Waals surface area (Å²) in [4.78, 5) is 15.3. The third-order valence-electron chi connectivity index (χ3n) is 2.70. The molecule has 0 amide bonds. The number of nitrogens with two attached hydrogens (primary N) is 1. The van der Waals surface area contributed by atoms with Crippen molar-refractivity contribution in [2.24, 2.45) is 0 Å². The highest BCUT2D eigenvalue weighted by Crippen LogP contribution is 2.27. The predicted molar refractivity (Wildman–Crippen MR) is 71.1 cm³/mol. The Balaban J connectivity index is 2.30. The lowest BCUT2D eigenvalue weighted by molar-refractivity contribution is 0.0698. The van der Waals surface area contributed by atoms with Crippen molar-refractivity contribution in [1.82, 2.24) is 4.98 Å². The van der Waals surface area contributed by atoms with Crippen LogP contribution in [-0.2, 0) is 0 Å². The van der Waals surface area contributed by atoms with Gasteiger partial charge in [0.1, 0.15) is 11.8 Å². The third-order valence-corrected chi connectivity index (χ3v) is 2.70. The monoisotopic (exact) mass is 261 g/mol. The quantitative estimate of drug-likeness (QED) is 0.731. The van der Waals surface area contributed by atoms with E-state index >= 15 is 0 Å². The molecule has 0 spiro atoms. The zero-order valence-electron chi connectivity index (χ0n) is 10.7. The van der Waals surface area contributed by atoms with E-state index in [0.717, 1.165) is 0 Å². The zero-order valence-corrected chi connectivity index (χ0v) is 10.7. The number of oxazole rings is 1. The Bertz CT molecular complexity index is 607. The Hall–Kier alpha value is -2.50. The fraction of sp³-hybridized carbons (Fsp3) is 0.231. The number of nitrogens with zero attached hydrogens (tertiary/aromatic N) is 1. The third kappa shape index (κ3) is 2.67. The Morgan fingerprint density at radius 1 is 1.53 bits per heavy atom. The van der Waals surface area contributed by atoms with Gasteiger partial charge in [-0.3, -0.25) is 0 Å². The van der Waals surface area contributed by atoms with E-state index < -0.39 is 5.97 Å². The first kappa shape index (κ1) is 12.9. The zero-order chi connectivity index (χ0) is 14.0. The van der Waals surface area contributed by atoms with Gasteiger partial charge in [0.2, 0.25) is 5.89 Å². The van der Waals surface area contributed by atoms with E-state index in [4.69, 9.17) is 15.3 Å². The SMILES string of the molecule is Cc1cnc(C(C)Nc2c(N)cccc2C(=O)O)o1. The van der Waals surface area contributed by atoms with Crippen LogP contribution in [0.3, 0.4) is 0 Å². The van der Waals surface area contributed by atoms with E-state index in [9.17, 15) is 4.79 Å². The highest BCUT2D eigenvalue weighted by molar-refractivity contribution is 5.97. The van der Waals surface area contributed by atoms with Crippen molar-refractivity contribution in [1.29, 1.82) is 0 Å². The van der Waals surface area contributed by atoms with E-state index in [1.54, 1.807) is 25.3 Å². The van der Waals surface area contributed by atoms with Gasteiger partial charge in [0.05, 0.1) is 23.1 Å². The number of carboxylic acid groups (broad SMARTS) is 1. The number of benzene rings is 1. The van der Waals surface area contributed by atoms with Crippen LogP contribution in [0.5, 0.6) is 0 Å². The molecule has 0 radical (unpaired) electrons. The van der Waals surface area contributed by atoms with Crippen molar-refractivity contribution in [3.8, 4) is 0 Å². The molecule has 19 heavy (non-hydrogen) atoms. The van der Waals surface area contributed by atoms with Gasteiger partial charge < -0.3 is 20.6 Å². The van der Waals surface area contributed by atoms with Crippen LogP contribution in [0.15, 0.2) is 28.8 Å². The number of rotatable bonds is 4. The maximum atomic E-state index is 11.2. The highest BCUT2D eigenvalue weighted by Gasteiger charge is 2.17. The minimum Gasteiger partial charge on any atom is -0.478 e. The van der Waals surface area contributed by atoms with Gasteiger partial charge in [0, 0.05) is 0 Å². The van der Waals surface area contributed by atoms with Crippen LogP contribution in [0.4, 0.5) is 11.4 Å². The van der Waals surface area contributed by atoms with Gasteiger partial charge >= 0.3 is 5.97 Å². The van der Waals surface area contributed by atoms with Gasteiger partial charge in [-0.05, 0) is 26.0 Å². The molecule has 2 aromatic rings. The van der Waals surface area contributed by atoms with Crippen LogP contribution < -0.4 is 11.1 Å². The molecule has 0 fully saturated rings. The number of carbonyl (C=O) groups is 1. The summed E-state index contributed by atoms with van der Waals surface area (Å²) in [6.45, 7) is 3.62. The first-order valence-corrected chi connectivity index (χ1v) is 5.79. The second-order valence-corrected chi connectivity index (χ2v) is 4.25. The van der Waals surface area contributed by atoms with Crippen molar-refractivity contribution in [3.05, 3.63) is 41.6 Å². The molecular formula is C13H15N3O3. The topological polar surface area (TPSA) is 101 Å². The number of hydrogen-bond donors (Lipinski definition) is 3. The van der Waals surface area contributed by atoms with Crippen LogP contribution in [-0.4, -0.2) is 16.1 Å². The largest absolute Gasteiger partial charge is 0.478 e. The van der Waals surface area contributed by atoms with Crippen LogP contribution >= 0.6 is 0 Å². The maximum Gasteiger partial charge on any atom is 0.337 e. The minimum atomic E-state index is -1.04. The number of anilines is 2. The first-order chi connectivity index (χ1) is 8.99. The van der Waals surface area contributed by atoms with Gasteiger partial charge in [-0.2, -0.15) is 0 Å². The Morgan fingerprint density at radius 2 is 2.26 bits per heavy atom. The van der Waals surface area contributed by atoms with Crippen LogP contribution in [0.25, 0.3) is 0 Å². The van der Waals surface area contributed by atoms with E-state index in [0.29, 0.717) is 23.0 Å². The molecule has 1 heterocycles. The molecule has 0 saturated heterocycles. The number of nitrogens with one attached hydrogen (secondary N) is 1. The van der Waals surface area contributed by atoms with Gasteiger partial charge in [0.25, 0.3) is 0 Å². The van der Waals surface area contributed by atoms with Crippen LogP contribution in [0.2, 0.25) is 0 Å². The lowest BCUT2D eigenvalue weighted by Crippen LogP contribution is -2.12. The molecule has 1 aromatic heterocycles. The van der Waals surface area contributed by atoms with Gasteiger partial charge in [-0.25, -0.2) is 9.78 Å². The first-order valence-electron chi connectivity index (χ1n) is 5.79. The molecule has 0 bridgehead atoms. The number of para-hydroxylation sites is 1. The number of nitrogen functional groups attached to an aromatic ring is 1. The molecule has 1 unspecified atom stereocenters. The maximum absolute atomic E-state index is 11.2. The van der Waals surface area contributed by atoms with Gasteiger partial charge in [0.15, 0.2) is 0 Å². The average molecular weight is 261 g/mol. The standard InChI is InChI=1S/C13H15N3O3/c1-7-6-15-12(19-7)8(2)16-11-9(13(17)18)4-3-5-10(11)14/h3-6,8,16H,14H2,1-2H3,(H,17,18). The number of aromatic carboxylic acids is 1. The molecule has 0 saturated carbocycles. The summed E-state index contributed by atoms with van der Waals surface area (Å²) in [6.07, 6.45) is 1.61. The fourth-order valence-corrected chi connectivity index (χ4v) is 1.76. The molecule has 100 valence electrons. The van der Waals surface area contributed by atoms with E-state index in [2.05, 4.69) is 10.3 Å². The second kappa shape index (κ2) is 5.01. The van der Waals surface area contributed by atoms with Crippen LogP contribution in [0, 0.1) is 6.92 Å². The fourth-order valence-electron chi connectivity index (χ4n) is 1.76.